The molecule has 0 bridgehead atoms. The number of fused-ring (bicyclic) bond motifs is 2. The second-order valence-corrected chi connectivity index (χ2v) is 19.4. The number of aromatic nitrogens is 5. The van der Waals surface area contributed by atoms with Crippen LogP contribution in [0.5, 0.6) is 5.75 Å². The van der Waals surface area contributed by atoms with Gasteiger partial charge in [0.25, 0.3) is 0 Å². The summed E-state index contributed by atoms with van der Waals surface area (Å²) in [6.45, 7) is 22.1. The van der Waals surface area contributed by atoms with Crippen molar-refractivity contribution in [2.45, 2.75) is 91.9 Å². The van der Waals surface area contributed by atoms with E-state index in [4.69, 9.17) is 24.4 Å². The molecule has 316 valence electrons. The van der Waals surface area contributed by atoms with Crippen molar-refractivity contribution in [1.82, 2.24) is 24.5 Å². The number of phenolic OH excluding ortho intramolecular Hbond substituents is 1. The Morgan fingerprint density at radius 1 is 0.603 bits per heavy atom. The molecule has 4 aromatic heterocycles. The summed E-state index contributed by atoms with van der Waals surface area (Å²) in [5.74, 6) is 1.92. The predicted molar refractivity (Wildman–Crippen MR) is 259 cm³/mol. The van der Waals surface area contributed by atoms with Gasteiger partial charge in [-0.15, -0.1) is 0 Å². The molecule has 0 atom stereocenters. The van der Waals surface area contributed by atoms with Crippen molar-refractivity contribution < 1.29 is 9.52 Å². The number of nitrogens with zero attached hydrogens (tertiary/aromatic N) is 5. The maximum atomic E-state index is 11.9. The van der Waals surface area contributed by atoms with Gasteiger partial charge in [-0.2, -0.15) is 0 Å². The highest BCUT2D eigenvalue weighted by molar-refractivity contribution is 6.03. The lowest BCUT2D eigenvalue weighted by molar-refractivity contribution is 0.477. The van der Waals surface area contributed by atoms with Gasteiger partial charge in [0, 0.05) is 46.1 Å². The van der Waals surface area contributed by atoms with E-state index in [0.29, 0.717) is 17.0 Å². The number of aromatic hydroxyl groups is 1. The van der Waals surface area contributed by atoms with Crippen LogP contribution >= 0.6 is 0 Å². The molecule has 0 unspecified atom stereocenters. The van der Waals surface area contributed by atoms with E-state index in [1.54, 1.807) is 12.3 Å². The number of furan rings is 1. The van der Waals surface area contributed by atoms with Crippen LogP contribution in [0.4, 0.5) is 0 Å². The molecular weight excluding hydrogens is 775 g/mol. The minimum absolute atomic E-state index is 0.128. The van der Waals surface area contributed by atoms with Crippen molar-refractivity contribution in [1.29, 1.82) is 0 Å². The van der Waals surface area contributed by atoms with Crippen molar-refractivity contribution in [2.24, 2.45) is 0 Å². The number of hydrogen-bond donors (Lipinski definition) is 1. The van der Waals surface area contributed by atoms with Crippen molar-refractivity contribution in [3.05, 3.63) is 157 Å². The first kappa shape index (κ1) is 41.5. The number of para-hydroxylation sites is 1. The molecule has 0 spiro atoms. The average molecular weight is 830 g/mol. The first-order chi connectivity index (χ1) is 30.1. The van der Waals surface area contributed by atoms with E-state index < -0.39 is 0 Å². The van der Waals surface area contributed by atoms with Gasteiger partial charge in [-0.3, -0.25) is 9.55 Å². The van der Waals surface area contributed by atoms with Crippen LogP contribution in [-0.2, 0) is 10.8 Å². The zero-order valence-electron chi connectivity index (χ0n) is 37.9. The minimum atomic E-state index is -0.208. The van der Waals surface area contributed by atoms with Crippen molar-refractivity contribution in [3.63, 3.8) is 0 Å². The standard InChI is InChI=1S/C56H55N5O2/c1-33(2)42-17-14-18-43(34(3)4)52(42)61-47-30-37(40-31-58-54(59-32-40)56(8,9)10)28-45(51(47)60-53(61)50-44-22-24-63-49(44)20-19-48(50)62)38-25-39(27-41(26-38)55(5,6)7)46-29-36(21-23-57-46)35-15-12-11-13-16-35/h11-34,62H,1-10H3. The molecule has 0 fully saturated rings. The third kappa shape index (κ3) is 7.71. The van der Waals surface area contributed by atoms with Crippen LogP contribution in [-0.4, -0.2) is 29.6 Å². The third-order valence-electron chi connectivity index (χ3n) is 12.1. The summed E-state index contributed by atoms with van der Waals surface area (Å²) in [5, 5.41) is 12.7. The molecule has 9 aromatic rings. The fourth-order valence-electron chi connectivity index (χ4n) is 8.62. The maximum absolute atomic E-state index is 11.9. The fraction of sp³-hybridized carbons (Fsp3) is 0.250. The smallest absolute Gasteiger partial charge is 0.150 e. The Morgan fingerprint density at radius 3 is 1.97 bits per heavy atom. The minimum Gasteiger partial charge on any atom is -0.507 e. The second-order valence-electron chi connectivity index (χ2n) is 19.4. The van der Waals surface area contributed by atoms with Crippen LogP contribution in [0, 0.1) is 0 Å². The van der Waals surface area contributed by atoms with Gasteiger partial charge < -0.3 is 9.52 Å². The number of rotatable bonds is 8. The van der Waals surface area contributed by atoms with E-state index in [9.17, 15) is 5.11 Å². The third-order valence-corrected chi connectivity index (χ3v) is 12.1. The molecule has 1 N–H and O–H groups in total. The highest BCUT2D eigenvalue weighted by Gasteiger charge is 2.28. The molecule has 0 aliphatic heterocycles. The number of phenols is 1. The van der Waals surface area contributed by atoms with Crippen molar-refractivity contribution in [2.75, 3.05) is 0 Å². The van der Waals surface area contributed by atoms with Gasteiger partial charge >= 0.3 is 0 Å². The Labute approximate surface area is 370 Å². The summed E-state index contributed by atoms with van der Waals surface area (Å²) < 4.78 is 8.24. The SMILES string of the molecule is CC(C)c1cccc(C(C)C)c1-n1c(-c2c(O)ccc3occc23)nc2c(-c3cc(-c4cc(-c5ccccc5)ccn4)cc(C(C)(C)C)c3)cc(-c3cnc(C(C)(C)C)nc3)cc21. The molecule has 0 saturated heterocycles. The summed E-state index contributed by atoms with van der Waals surface area (Å²) >= 11 is 0. The second kappa shape index (κ2) is 15.8. The van der Waals surface area contributed by atoms with Gasteiger partial charge in [0.05, 0.1) is 34.2 Å². The number of hydrogen-bond acceptors (Lipinski definition) is 6. The number of pyridine rings is 1. The van der Waals surface area contributed by atoms with Crippen LogP contribution in [0.1, 0.15) is 104 Å². The first-order valence-electron chi connectivity index (χ1n) is 22.0. The van der Waals surface area contributed by atoms with Crippen LogP contribution in [0.15, 0.2) is 138 Å². The molecule has 0 amide bonds. The molecule has 7 heteroatoms. The molecule has 4 heterocycles. The van der Waals surface area contributed by atoms with E-state index >= 15 is 0 Å². The largest absolute Gasteiger partial charge is 0.507 e. The normalized spacial score (nSPS) is 12.3. The zero-order valence-corrected chi connectivity index (χ0v) is 37.9. The Morgan fingerprint density at radius 2 is 1.30 bits per heavy atom. The molecule has 7 nitrogen and oxygen atoms in total. The Kier molecular flexibility index (Phi) is 10.4. The molecule has 63 heavy (non-hydrogen) atoms. The number of benzene rings is 5. The summed E-state index contributed by atoms with van der Waals surface area (Å²) in [6.07, 6.45) is 7.45. The molecular formula is C56H55N5O2. The molecule has 0 saturated carbocycles. The predicted octanol–water partition coefficient (Wildman–Crippen LogP) is 14.8. The first-order valence-corrected chi connectivity index (χ1v) is 22.0. The topological polar surface area (TPSA) is 89.9 Å². The van der Waals surface area contributed by atoms with Crippen LogP contribution in [0.3, 0.4) is 0 Å². The molecule has 0 aliphatic carbocycles. The highest BCUT2D eigenvalue weighted by atomic mass is 16.3. The van der Waals surface area contributed by atoms with E-state index in [1.165, 1.54) is 16.7 Å². The summed E-state index contributed by atoms with van der Waals surface area (Å²) in [6, 6.07) is 38.0. The molecule has 0 aliphatic rings. The highest BCUT2D eigenvalue weighted by Crippen LogP contribution is 2.46. The van der Waals surface area contributed by atoms with E-state index in [2.05, 4.69) is 159 Å². The Bertz CT molecular complexity index is 3120. The summed E-state index contributed by atoms with van der Waals surface area (Å²) in [7, 11) is 0. The number of imidazole rings is 1. The maximum Gasteiger partial charge on any atom is 0.150 e. The molecule has 0 radical (unpaired) electrons. The van der Waals surface area contributed by atoms with Gasteiger partial charge in [0.1, 0.15) is 23.0 Å². The van der Waals surface area contributed by atoms with Gasteiger partial charge in [-0.05, 0) is 111 Å². The van der Waals surface area contributed by atoms with Crippen LogP contribution in [0.25, 0.3) is 83.7 Å². The van der Waals surface area contributed by atoms with Gasteiger partial charge in [0.2, 0.25) is 0 Å². The van der Waals surface area contributed by atoms with E-state index in [0.717, 1.165) is 72.6 Å². The summed E-state index contributed by atoms with van der Waals surface area (Å²) in [4.78, 5) is 20.4. The van der Waals surface area contributed by atoms with Crippen molar-refractivity contribution >= 4 is 22.0 Å². The average Bonchev–Trinajstić information content (AvgIpc) is 3.90. The lowest BCUT2D eigenvalue weighted by Gasteiger charge is -2.23. The van der Waals surface area contributed by atoms with Gasteiger partial charge in [0.15, 0.2) is 0 Å². The zero-order chi connectivity index (χ0) is 44.4. The molecule has 5 aromatic carbocycles. The Balaban J connectivity index is 1.42. The fourth-order valence-corrected chi connectivity index (χ4v) is 8.62. The van der Waals surface area contributed by atoms with Crippen LogP contribution < -0.4 is 0 Å². The van der Waals surface area contributed by atoms with Gasteiger partial charge in [-0.1, -0.05) is 124 Å². The van der Waals surface area contributed by atoms with Crippen molar-refractivity contribution in [3.8, 4) is 67.5 Å². The van der Waals surface area contributed by atoms with E-state index in [1.807, 2.05) is 36.8 Å². The van der Waals surface area contributed by atoms with Gasteiger partial charge in [-0.25, -0.2) is 15.0 Å². The summed E-state index contributed by atoms with van der Waals surface area (Å²) in [5.41, 5.74) is 15.1. The Hall–Kier alpha value is -6.86. The quantitative estimate of drug-likeness (QED) is 0.164. The lowest BCUT2D eigenvalue weighted by Crippen LogP contribution is -2.15. The molecule has 9 rings (SSSR count). The lowest BCUT2D eigenvalue weighted by atomic mass is 9.83. The van der Waals surface area contributed by atoms with E-state index in [-0.39, 0.29) is 28.4 Å². The monoisotopic (exact) mass is 829 g/mol. The van der Waals surface area contributed by atoms with Crippen LogP contribution in [0.2, 0.25) is 0 Å².